The quantitative estimate of drug-likeness (QED) is 0.180. The Hall–Kier alpha value is -2.66. The number of hydrogen-bond acceptors (Lipinski definition) is 13. The molecule has 4 heterocycles. The number of hydrogen-bond donors (Lipinski definition) is 4. The van der Waals surface area contributed by atoms with Crippen molar-refractivity contribution in [2.45, 2.75) is 78.7 Å². The summed E-state index contributed by atoms with van der Waals surface area (Å²) < 4.78 is 7.60. The van der Waals surface area contributed by atoms with Crippen LogP contribution in [0.1, 0.15) is 27.7 Å². The van der Waals surface area contributed by atoms with E-state index in [2.05, 4.69) is 15.3 Å². The molecule has 3 aliphatic heterocycles. The molecule has 1 aromatic heterocycles. The topological polar surface area (TPSA) is 177 Å². The van der Waals surface area contributed by atoms with Crippen LogP contribution < -0.4 is 5.32 Å². The van der Waals surface area contributed by atoms with Crippen molar-refractivity contribution in [3.8, 4) is 0 Å². The van der Waals surface area contributed by atoms with Crippen LogP contribution in [0.5, 0.6) is 0 Å². The molecule has 16 heteroatoms. The number of nitrogens with zero attached hydrogens (tertiary/aromatic N) is 5. The van der Waals surface area contributed by atoms with Gasteiger partial charge in [0.05, 0.1) is 29.7 Å². The summed E-state index contributed by atoms with van der Waals surface area (Å²) in [6, 6.07) is 7.79. The summed E-state index contributed by atoms with van der Waals surface area (Å²) in [6.07, 6.45) is -5.68. The molecule has 13 nitrogen and oxygen atoms in total. The van der Waals surface area contributed by atoms with Crippen molar-refractivity contribution in [2.24, 2.45) is 9.98 Å². The Balaban J connectivity index is 1.53. The van der Waals surface area contributed by atoms with Crippen LogP contribution in [-0.2, 0) is 19.1 Å². The molecule has 8 atom stereocenters. The fourth-order valence-electron chi connectivity index (χ4n) is 5.40. The lowest BCUT2D eigenvalue weighted by Gasteiger charge is -2.54. The van der Waals surface area contributed by atoms with Crippen molar-refractivity contribution in [3.05, 3.63) is 24.3 Å². The smallest absolute Gasteiger partial charge is 0.253 e. The predicted octanol–water partition coefficient (Wildman–Crippen LogP) is 0.546. The number of thiazole rings is 1. The minimum absolute atomic E-state index is 0.0371. The van der Waals surface area contributed by atoms with Crippen LogP contribution in [0.4, 0.5) is 0 Å². The van der Waals surface area contributed by atoms with Crippen molar-refractivity contribution in [1.29, 1.82) is 0 Å². The summed E-state index contributed by atoms with van der Waals surface area (Å²) in [5.74, 6) is -1.90. The number of Topliss-reactive ketones (excluding diaryl/α,β-unsaturated/α-hetero) is 2. The maximum absolute atomic E-state index is 13.5. The Kier molecular flexibility index (Phi) is 8.39. The Bertz CT molecular complexity index is 1440. The third-order valence-electron chi connectivity index (χ3n) is 7.51. The molecule has 0 bridgehead atoms. The Morgan fingerprint density at radius 3 is 2.52 bits per heavy atom. The number of benzene rings is 1. The zero-order valence-corrected chi connectivity index (χ0v) is 25.6. The van der Waals surface area contributed by atoms with E-state index in [-0.39, 0.29) is 17.6 Å². The van der Waals surface area contributed by atoms with E-state index >= 15 is 0 Å². The molecule has 4 N–H and O–H groups in total. The van der Waals surface area contributed by atoms with E-state index in [1.165, 1.54) is 43.8 Å². The normalized spacial score (nSPS) is 34.1. The minimum atomic E-state index is -2.16. The number of aliphatic hydroxyl groups excluding tert-OH is 3. The number of alkyl halides is 1. The number of halogens is 1. The number of ketones is 2. The maximum atomic E-state index is 13.5. The molecule has 0 saturated carbocycles. The molecule has 2 aromatic rings. The number of aliphatic imine (C=N–C) groups is 2. The van der Waals surface area contributed by atoms with Gasteiger partial charge in [-0.3, -0.25) is 24.3 Å². The zero-order chi connectivity index (χ0) is 30.6. The number of thioether (sulfide) groups is 1. The number of rotatable bonds is 8. The van der Waals surface area contributed by atoms with E-state index in [9.17, 15) is 29.7 Å². The molecule has 0 spiro atoms. The third-order valence-corrected chi connectivity index (χ3v) is 10.3. The van der Waals surface area contributed by atoms with Gasteiger partial charge in [0.25, 0.3) is 5.12 Å². The molecular weight excluding hydrogens is 608 g/mol. The fraction of sp³-hybridized carbons (Fsp3) is 0.538. The van der Waals surface area contributed by atoms with Gasteiger partial charge in [-0.2, -0.15) is 0 Å². The first kappa shape index (κ1) is 30.8. The summed E-state index contributed by atoms with van der Waals surface area (Å²) in [5, 5.41) is 31.4. The van der Waals surface area contributed by atoms with E-state index in [0.29, 0.717) is 0 Å². The second-order valence-corrected chi connectivity index (χ2v) is 13.6. The average Bonchev–Trinajstić information content (AvgIpc) is 3.60. The van der Waals surface area contributed by atoms with E-state index in [1.807, 2.05) is 31.2 Å². The first-order valence-electron chi connectivity index (χ1n) is 13.2. The molecule has 2 fully saturated rings. The van der Waals surface area contributed by atoms with Crippen molar-refractivity contribution in [1.82, 2.24) is 20.1 Å². The highest BCUT2D eigenvalue weighted by Crippen LogP contribution is 2.43. The SMILES string of the molecule is CC(=O)N1C2N([C@@H]3O[C@H](CO)C(O)C3O)C=NC2(C(C)=O)C(=NC[C@H](C)Sc2nc3ccccc3s2)NC1(Cl)C(C)=O. The Morgan fingerprint density at radius 1 is 1.21 bits per heavy atom. The van der Waals surface area contributed by atoms with Gasteiger partial charge in [0.1, 0.15) is 24.1 Å². The van der Waals surface area contributed by atoms with Crippen LogP contribution in [-0.4, -0.2) is 120 Å². The molecule has 226 valence electrons. The van der Waals surface area contributed by atoms with Crippen molar-refractivity contribution in [3.63, 3.8) is 0 Å². The molecule has 1 amide bonds. The van der Waals surface area contributed by atoms with E-state index in [1.54, 1.807) is 11.3 Å². The first-order valence-corrected chi connectivity index (χ1v) is 15.2. The van der Waals surface area contributed by atoms with Crippen molar-refractivity contribution < 1.29 is 34.4 Å². The van der Waals surface area contributed by atoms with Gasteiger partial charge in [0.2, 0.25) is 11.4 Å². The second kappa shape index (κ2) is 11.4. The van der Waals surface area contributed by atoms with Gasteiger partial charge in [-0.15, -0.1) is 11.3 Å². The first-order chi connectivity index (χ1) is 19.8. The lowest BCUT2D eigenvalue weighted by atomic mass is 9.85. The predicted molar refractivity (Wildman–Crippen MR) is 157 cm³/mol. The van der Waals surface area contributed by atoms with Gasteiger partial charge in [0, 0.05) is 19.1 Å². The molecular formula is C26H31ClN6O7S2. The molecule has 0 radical (unpaired) electrons. The summed E-state index contributed by atoms with van der Waals surface area (Å²) in [4.78, 5) is 55.7. The number of carbonyl (C=O) groups excluding carboxylic acids is 3. The van der Waals surface area contributed by atoms with Gasteiger partial charge in [0.15, 0.2) is 28.3 Å². The lowest BCUT2D eigenvalue weighted by Crippen LogP contribution is -2.81. The third kappa shape index (κ3) is 4.90. The maximum Gasteiger partial charge on any atom is 0.253 e. The number of aliphatic hydroxyl groups is 3. The van der Waals surface area contributed by atoms with Crippen molar-refractivity contribution in [2.75, 3.05) is 13.2 Å². The number of amides is 1. The molecule has 5 unspecified atom stereocenters. The highest BCUT2D eigenvalue weighted by atomic mass is 35.5. The van der Waals surface area contributed by atoms with E-state index < -0.39 is 65.4 Å². The molecule has 0 aliphatic carbocycles. The number of amidine groups is 1. The number of aromatic nitrogens is 1. The van der Waals surface area contributed by atoms with Crippen LogP contribution in [0.2, 0.25) is 0 Å². The Morgan fingerprint density at radius 2 is 1.93 bits per heavy atom. The molecule has 2 saturated heterocycles. The largest absolute Gasteiger partial charge is 0.394 e. The Labute approximate surface area is 254 Å². The van der Waals surface area contributed by atoms with Crippen LogP contribution >= 0.6 is 34.7 Å². The van der Waals surface area contributed by atoms with Gasteiger partial charge < -0.3 is 30.3 Å². The number of nitrogens with one attached hydrogen (secondary N) is 1. The summed E-state index contributed by atoms with van der Waals surface area (Å²) in [5.41, 5.74) is -0.982. The van der Waals surface area contributed by atoms with Gasteiger partial charge in [-0.05, 0) is 19.1 Å². The van der Waals surface area contributed by atoms with Crippen molar-refractivity contribution >= 4 is 74.6 Å². The standard InChI is InChI=1S/C26H31ClN6O7S2/c1-12(41-24-30-16-7-5-6-8-18(16)42-24)9-28-22-25(13(2)35)23(33(15(4)37)26(27,31-22)14(3)36)32(11-29-25)21-20(39)19(38)17(10-34)40-21/h5-8,11-12,17,19-21,23,34,38-39H,9-10H2,1-4H3,(H,28,31)/t12-,17+,19?,20?,21+,23?,25?,26?/m0/s1. The second-order valence-electron chi connectivity index (χ2n) is 10.4. The molecule has 1 aromatic carbocycles. The van der Waals surface area contributed by atoms with Gasteiger partial charge in [-0.25, -0.2) is 9.98 Å². The zero-order valence-electron chi connectivity index (χ0n) is 23.2. The van der Waals surface area contributed by atoms with Crippen LogP contribution in [0.15, 0.2) is 38.6 Å². The molecule has 42 heavy (non-hydrogen) atoms. The number of ether oxygens (including phenoxy) is 1. The van der Waals surface area contributed by atoms with E-state index in [0.717, 1.165) is 19.5 Å². The van der Waals surface area contributed by atoms with Crippen LogP contribution in [0.25, 0.3) is 10.2 Å². The summed E-state index contributed by atoms with van der Waals surface area (Å²) >= 11 is 9.89. The van der Waals surface area contributed by atoms with Crippen LogP contribution in [0.3, 0.4) is 0 Å². The fourth-order valence-corrected chi connectivity index (χ4v) is 7.99. The number of carbonyl (C=O) groups is 3. The number of fused-ring (bicyclic) bond motifs is 2. The molecule has 3 aliphatic rings. The highest BCUT2D eigenvalue weighted by Gasteiger charge is 2.68. The molecule has 5 rings (SSSR count). The highest BCUT2D eigenvalue weighted by molar-refractivity contribution is 8.01. The van der Waals surface area contributed by atoms with Gasteiger partial charge >= 0.3 is 0 Å². The minimum Gasteiger partial charge on any atom is -0.394 e. The van der Waals surface area contributed by atoms with Gasteiger partial charge in [-0.1, -0.05) is 42.4 Å². The monoisotopic (exact) mass is 638 g/mol. The lowest BCUT2D eigenvalue weighted by molar-refractivity contribution is -0.162. The van der Waals surface area contributed by atoms with E-state index in [4.69, 9.17) is 21.3 Å². The van der Waals surface area contributed by atoms with Crippen LogP contribution in [0, 0.1) is 0 Å². The summed E-state index contributed by atoms with van der Waals surface area (Å²) in [6.45, 7) is 5.15. The summed E-state index contributed by atoms with van der Waals surface area (Å²) in [7, 11) is 0. The number of para-hydroxylation sites is 1. The average molecular weight is 639 g/mol.